The summed E-state index contributed by atoms with van der Waals surface area (Å²) in [4.78, 5) is 3.57. The summed E-state index contributed by atoms with van der Waals surface area (Å²) in [6, 6.07) is 2.06. The van der Waals surface area contributed by atoms with Crippen molar-refractivity contribution in [3.05, 3.63) is 23.4 Å². The van der Waals surface area contributed by atoms with Crippen LogP contribution in [0.25, 0.3) is 0 Å². The van der Waals surface area contributed by atoms with Crippen molar-refractivity contribution in [1.29, 1.82) is 0 Å². The van der Waals surface area contributed by atoms with Gasteiger partial charge in [-0.3, -0.25) is 0 Å². The van der Waals surface area contributed by atoms with Crippen LogP contribution in [0.4, 0.5) is 19.0 Å². The molecule has 0 aliphatic heterocycles. The predicted octanol–water partition coefficient (Wildman–Crippen LogP) is 2.58. The van der Waals surface area contributed by atoms with E-state index in [1.54, 1.807) is 0 Å². The highest BCUT2D eigenvalue weighted by Gasteiger charge is 2.33. The van der Waals surface area contributed by atoms with Gasteiger partial charge in [-0.2, -0.15) is 13.2 Å². The van der Waals surface area contributed by atoms with E-state index in [9.17, 15) is 13.2 Å². The molecule has 1 aromatic rings. The normalized spacial score (nSPS) is 11.7. The first kappa shape index (κ1) is 10.3. The Bertz CT molecular complexity index is 311. The van der Waals surface area contributed by atoms with E-state index in [1.807, 2.05) is 0 Å². The second-order valence-corrected chi connectivity index (χ2v) is 2.92. The Morgan fingerprint density at radius 3 is 2.46 bits per heavy atom. The lowest BCUT2D eigenvalue weighted by Gasteiger charge is -2.10. The van der Waals surface area contributed by atoms with Crippen LogP contribution in [0, 0.1) is 0 Å². The second kappa shape index (κ2) is 3.53. The number of hydrogen-bond donors (Lipinski definition) is 1. The molecule has 2 nitrogen and oxygen atoms in total. The molecule has 0 amide bonds. The lowest BCUT2D eigenvalue weighted by Crippen LogP contribution is -2.10. The molecule has 0 spiro atoms. The number of nitrogens with two attached hydrogens (primary N) is 1. The number of halogens is 4. The molecule has 0 saturated heterocycles. The maximum Gasteiger partial charge on any atom is 0.418 e. The van der Waals surface area contributed by atoms with Crippen molar-refractivity contribution in [1.82, 2.24) is 4.98 Å². The van der Waals surface area contributed by atoms with E-state index in [2.05, 4.69) is 20.9 Å². The summed E-state index contributed by atoms with van der Waals surface area (Å²) in [5, 5.41) is 0.0346. The molecule has 0 radical (unpaired) electrons. The van der Waals surface area contributed by atoms with Gasteiger partial charge in [0.1, 0.15) is 5.82 Å². The van der Waals surface area contributed by atoms with Gasteiger partial charge in [0.25, 0.3) is 0 Å². The second-order valence-electron chi connectivity index (χ2n) is 2.36. The van der Waals surface area contributed by atoms with Crippen LogP contribution in [0.1, 0.15) is 11.3 Å². The number of hydrogen-bond acceptors (Lipinski definition) is 2. The number of alkyl halides is 4. The van der Waals surface area contributed by atoms with Crippen molar-refractivity contribution in [3.63, 3.8) is 0 Å². The maximum absolute atomic E-state index is 12.3. The number of anilines is 1. The molecule has 0 saturated carbocycles. The lowest BCUT2D eigenvalue weighted by atomic mass is 10.2. The summed E-state index contributed by atoms with van der Waals surface area (Å²) in [5.41, 5.74) is 4.41. The first-order valence-corrected chi connectivity index (χ1v) is 4.46. The van der Waals surface area contributed by atoms with E-state index in [1.165, 1.54) is 0 Å². The molecule has 1 heterocycles. The van der Waals surface area contributed by atoms with Crippen molar-refractivity contribution >= 4 is 21.7 Å². The van der Waals surface area contributed by atoms with Gasteiger partial charge in [-0.25, -0.2) is 4.98 Å². The lowest BCUT2D eigenvalue weighted by molar-refractivity contribution is -0.138. The number of nitrogen functional groups attached to an aromatic ring is 1. The highest BCUT2D eigenvalue weighted by molar-refractivity contribution is 9.08. The van der Waals surface area contributed by atoms with Crippen LogP contribution in [-0.4, -0.2) is 4.98 Å². The third-order valence-electron chi connectivity index (χ3n) is 1.43. The van der Waals surface area contributed by atoms with Gasteiger partial charge in [-0.1, -0.05) is 15.9 Å². The zero-order valence-corrected chi connectivity index (χ0v) is 7.98. The molecule has 2 N–H and O–H groups in total. The molecule has 0 aliphatic rings. The smallest absolute Gasteiger partial charge is 0.384 e. The summed E-state index contributed by atoms with van der Waals surface area (Å²) in [6.45, 7) is 0. The van der Waals surface area contributed by atoms with Crippen molar-refractivity contribution in [2.75, 3.05) is 5.73 Å². The molecule has 13 heavy (non-hydrogen) atoms. The Kier molecular flexibility index (Phi) is 2.80. The fourth-order valence-electron chi connectivity index (χ4n) is 0.878. The van der Waals surface area contributed by atoms with E-state index in [0.29, 0.717) is 0 Å². The zero-order chi connectivity index (χ0) is 10.1. The van der Waals surface area contributed by atoms with Gasteiger partial charge >= 0.3 is 6.18 Å². The van der Waals surface area contributed by atoms with E-state index in [0.717, 1.165) is 12.1 Å². The molecular weight excluding hydrogens is 249 g/mol. The highest BCUT2D eigenvalue weighted by atomic mass is 79.9. The summed E-state index contributed by atoms with van der Waals surface area (Å²) < 4.78 is 36.8. The topological polar surface area (TPSA) is 38.9 Å². The summed E-state index contributed by atoms with van der Waals surface area (Å²) in [7, 11) is 0. The minimum Gasteiger partial charge on any atom is -0.384 e. The first-order chi connectivity index (χ1) is 5.95. The van der Waals surface area contributed by atoms with Crippen LogP contribution in [0.5, 0.6) is 0 Å². The van der Waals surface area contributed by atoms with Gasteiger partial charge in [0, 0.05) is 5.33 Å². The Morgan fingerprint density at radius 1 is 1.38 bits per heavy atom. The standard InChI is InChI=1S/C7H6BrF3N2/c8-3-5-4(7(9,10)11)1-2-6(12)13-5/h1-2H,3H2,(H2,12,13). The van der Waals surface area contributed by atoms with E-state index in [-0.39, 0.29) is 16.8 Å². The van der Waals surface area contributed by atoms with E-state index in [4.69, 9.17) is 5.73 Å². The highest BCUT2D eigenvalue weighted by Crippen LogP contribution is 2.32. The molecule has 72 valence electrons. The van der Waals surface area contributed by atoms with Gasteiger partial charge in [-0.15, -0.1) is 0 Å². The van der Waals surface area contributed by atoms with Crippen molar-refractivity contribution < 1.29 is 13.2 Å². The summed E-state index contributed by atoms with van der Waals surface area (Å²) >= 11 is 2.92. The van der Waals surface area contributed by atoms with Gasteiger partial charge < -0.3 is 5.73 Å². The first-order valence-electron chi connectivity index (χ1n) is 3.33. The molecule has 1 aromatic heterocycles. The SMILES string of the molecule is Nc1ccc(C(F)(F)F)c(CBr)n1. The van der Waals surface area contributed by atoms with Crippen LogP contribution < -0.4 is 5.73 Å². The maximum atomic E-state index is 12.3. The number of pyridine rings is 1. The Labute approximate surface area is 81.1 Å². The quantitative estimate of drug-likeness (QED) is 0.783. The fraction of sp³-hybridized carbons (Fsp3) is 0.286. The fourth-order valence-corrected chi connectivity index (χ4v) is 1.31. The van der Waals surface area contributed by atoms with Crippen molar-refractivity contribution in [3.8, 4) is 0 Å². The molecule has 0 atom stereocenters. The number of aromatic nitrogens is 1. The average molecular weight is 255 g/mol. The van der Waals surface area contributed by atoms with Gasteiger partial charge in [0.05, 0.1) is 11.3 Å². The Morgan fingerprint density at radius 2 is 2.00 bits per heavy atom. The van der Waals surface area contributed by atoms with Crippen LogP contribution in [0.15, 0.2) is 12.1 Å². The van der Waals surface area contributed by atoms with E-state index < -0.39 is 11.7 Å². The van der Waals surface area contributed by atoms with Crippen LogP contribution >= 0.6 is 15.9 Å². The zero-order valence-electron chi connectivity index (χ0n) is 6.40. The third kappa shape index (κ3) is 2.33. The van der Waals surface area contributed by atoms with Crippen molar-refractivity contribution in [2.45, 2.75) is 11.5 Å². The predicted molar refractivity (Wildman–Crippen MR) is 46.3 cm³/mol. The summed E-state index contributed by atoms with van der Waals surface area (Å²) in [5.74, 6) is 0.0856. The third-order valence-corrected chi connectivity index (χ3v) is 1.96. The van der Waals surface area contributed by atoms with E-state index >= 15 is 0 Å². The molecule has 6 heteroatoms. The molecule has 0 bridgehead atoms. The molecule has 0 unspecified atom stereocenters. The molecular formula is C7H6BrF3N2. The van der Waals surface area contributed by atoms with Crippen molar-refractivity contribution in [2.24, 2.45) is 0 Å². The Hall–Kier alpha value is -0.780. The molecule has 1 rings (SSSR count). The summed E-state index contributed by atoms with van der Waals surface area (Å²) in [6.07, 6.45) is -4.37. The van der Waals surface area contributed by atoms with Gasteiger partial charge in [-0.05, 0) is 12.1 Å². The average Bonchev–Trinajstić information content (AvgIpc) is 2.01. The van der Waals surface area contributed by atoms with Gasteiger partial charge in [0.15, 0.2) is 0 Å². The minimum atomic E-state index is -4.37. The molecule has 0 fully saturated rings. The molecule has 0 aliphatic carbocycles. The van der Waals surface area contributed by atoms with Crippen LogP contribution in [0.2, 0.25) is 0 Å². The van der Waals surface area contributed by atoms with Gasteiger partial charge in [0.2, 0.25) is 0 Å². The number of nitrogens with zero attached hydrogens (tertiary/aromatic N) is 1. The minimum absolute atomic E-state index is 0.0346. The van der Waals surface area contributed by atoms with Crippen LogP contribution in [0.3, 0.4) is 0 Å². The largest absolute Gasteiger partial charge is 0.418 e. The van der Waals surface area contributed by atoms with Crippen LogP contribution in [-0.2, 0) is 11.5 Å². The Balaban J connectivity index is 3.22. The monoisotopic (exact) mass is 254 g/mol. The number of rotatable bonds is 1. The molecule has 0 aromatic carbocycles.